The molecule has 1 aromatic heterocycles. The third-order valence-corrected chi connectivity index (χ3v) is 5.78. The van der Waals surface area contributed by atoms with Crippen molar-refractivity contribution >= 4 is 11.8 Å². The average molecular weight is 373 g/mol. The molecule has 150 valence electrons. The SMILES string of the molecule is CCNC(=NCc1cccnc1N1CCN(C)CC1)NC1CCC(C)CC1. The first-order valence-electron chi connectivity index (χ1n) is 10.6. The molecule has 2 fully saturated rings. The second-order valence-electron chi connectivity index (χ2n) is 8.07. The Morgan fingerprint density at radius 3 is 2.63 bits per heavy atom. The number of guanidine groups is 1. The lowest BCUT2D eigenvalue weighted by Gasteiger charge is -2.34. The number of aromatic nitrogens is 1. The van der Waals surface area contributed by atoms with Crippen molar-refractivity contribution in [1.29, 1.82) is 0 Å². The Bertz CT molecular complexity index is 600. The van der Waals surface area contributed by atoms with Crippen LogP contribution in [0.15, 0.2) is 23.3 Å². The van der Waals surface area contributed by atoms with Crippen molar-refractivity contribution in [3.63, 3.8) is 0 Å². The van der Waals surface area contributed by atoms with E-state index in [1.165, 1.54) is 31.2 Å². The number of aliphatic imine (C=N–C) groups is 1. The molecule has 1 aliphatic heterocycles. The third kappa shape index (κ3) is 5.83. The van der Waals surface area contributed by atoms with Gasteiger partial charge in [-0.1, -0.05) is 13.0 Å². The van der Waals surface area contributed by atoms with Crippen molar-refractivity contribution in [2.24, 2.45) is 10.9 Å². The van der Waals surface area contributed by atoms with Crippen LogP contribution in [0.4, 0.5) is 5.82 Å². The number of piperazine rings is 1. The zero-order valence-corrected chi connectivity index (χ0v) is 17.2. The molecule has 0 aromatic carbocycles. The van der Waals surface area contributed by atoms with Crippen LogP contribution in [0.25, 0.3) is 0 Å². The zero-order valence-electron chi connectivity index (χ0n) is 17.2. The Morgan fingerprint density at radius 1 is 1.19 bits per heavy atom. The second-order valence-corrected chi connectivity index (χ2v) is 8.07. The summed E-state index contributed by atoms with van der Waals surface area (Å²) in [5, 5.41) is 7.07. The number of likely N-dealkylation sites (N-methyl/N-ethyl adjacent to an activating group) is 1. The van der Waals surface area contributed by atoms with E-state index in [0.717, 1.165) is 50.4 Å². The molecule has 2 N–H and O–H groups in total. The number of hydrogen-bond donors (Lipinski definition) is 2. The molecular formula is C21H36N6. The topological polar surface area (TPSA) is 55.8 Å². The van der Waals surface area contributed by atoms with Gasteiger partial charge >= 0.3 is 0 Å². The fraction of sp³-hybridized carbons (Fsp3) is 0.714. The molecular weight excluding hydrogens is 336 g/mol. The van der Waals surface area contributed by atoms with E-state index in [-0.39, 0.29) is 0 Å². The third-order valence-electron chi connectivity index (χ3n) is 5.78. The van der Waals surface area contributed by atoms with Crippen LogP contribution in [0.2, 0.25) is 0 Å². The Hall–Kier alpha value is -1.82. The Morgan fingerprint density at radius 2 is 1.93 bits per heavy atom. The highest BCUT2D eigenvalue weighted by molar-refractivity contribution is 5.80. The number of hydrogen-bond acceptors (Lipinski definition) is 4. The standard InChI is InChI=1S/C21H36N6/c1-4-22-21(25-19-9-7-17(2)8-10-19)24-16-18-6-5-11-23-20(18)27-14-12-26(3)13-15-27/h5-6,11,17,19H,4,7-10,12-16H2,1-3H3,(H2,22,24,25). The summed E-state index contributed by atoms with van der Waals surface area (Å²) in [7, 11) is 2.18. The van der Waals surface area contributed by atoms with Gasteiger partial charge in [-0.05, 0) is 51.6 Å². The number of nitrogens with zero attached hydrogens (tertiary/aromatic N) is 4. The number of nitrogens with one attached hydrogen (secondary N) is 2. The molecule has 0 amide bonds. The first kappa shape index (κ1) is 19.9. The van der Waals surface area contributed by atoms with E-state index in [9.17, 15) is 0 Å². The van der Waals surface area contributed by atoms with Gasteiger partial charge in [-0.15, -0.1) is 0 Å². The fourth-order valence-corrected chi connectivity index (χ4v) is 3.94. The largest absolute Gasteiger partial charge is 0.357 e. The molecule has 2 heterocycles. The summed E-state index contributed by atoms with van der Waals surface area (Å²) in [5.74, 6) is 2.89. The van der Waals surface area contributed by atoms with Crippen molar-refractivity contribution in [3.05, 3.63) is 23.9 Å². The van der Waals surface area contributed by atoms with Gasteiger partial charge in [0, 0.05) is 50.5 Å². The van der Waals surface area contributed by atoms with Crippen molar-refractivity contribution in [2.45, 2.75) is 52.1 Å². The van der Waals surface area contributed by atoms with E-state index in [4.69, 9.17) is 4.99 Å². The highest BCUT2D eigenvalue weighted by Crippen LogP contribution is 2.23. The van der Waals surface area contributed by atoms with Crippen LogP contribution in [-0.2, 0) is 6.54 Å². The lowest BCUT2D eigenvalue weighted by atomic mass is 9.87. The molecule has 1 saturated heterocycles. The van der Waals surface area contributed by atoms with Crippen LogP contribution in [0.3, 0.4) is 0 Å². The second kappa shape index (κ2) is 9.93. The average Bonchev–Trinajstić information content (AvgIpc) is 2.69. The van der Waals surface area contributed by atoms with E-state index in [2.05, 4.69) is 52.4 Å². The lowest BCUT2D eigenvalue weighted by Crippen LogP contribution is -2.45. The quantitative estimate of drug-likeness (QED) is 0.614. The van der Waals surface area contributed by atoms with Gasteiger partial charge in [0.05, 0.1) is 6.54 Å². The normalized spacial score (nSPS) is 24.7. The molecule has 6 nitrogen and oxygen atoms in total. The zero-order chi connectivity index (χ0) is 19.1. The highest BCUT2D eigenvalue weighted by Gasteiger charge is 2.20. The first-order valence-corrected chi connectivity index (χ1v) is 10.6. The van der Waals surface area contributed by atoms with Gasteiger partial charge in [0.25, 0.3) is 0 Å². The highest BCUT2D eigenvalue weighted by atomic mass is 15.3. The summed E-state index contributed by atoms with van der Waals surface area (Å²) < 4.78 is 0. The number of rotatable bonds is 5. The van der Waals surface area contributed by atoms with Crippen molar-refractivity contribution in [3.8, 4) is 0 Å². The Balaban J connectivity index is 1.65. The lowest BCUT2D eigenvalue weighted by molar-refractivity contribution is 0.312. The molecule has 1 aromatic rings. The van der Waals surface area contributed by atoms with Crippen LogP contribution in [0, 0.1) is 5.92 Å². The molecule has 1 saturated carbocycles. The summed E-state index contributed by atoms with van der Waals surface area (Å²) in [6, 6.07) is 4.73. The predicted octanol–water partition coefficient (Wildman–Crippen LogP) is 2.47. The molecule has 0 spiro atoms. The molecule has 0 unspecified atom stereocenters. The van der Waals surface area contributed by atoms with E-state index in [1.807, 2.05) is 12.3 Å². The molecule has 0 atom stereocenters. The van der Waals surface area contributed by atoms with E-state index < -0.39 is 0 Å². The number of anilines is 1. The monoisotopic (exact) mass is 372 g/mol. The van der Waals surface area contributed by atoms with Crippen LogP contribution < -0.4 is 15.5 Å². The predicted molar refractivity (Wildman–Crippen MR) is 113 cm³/mol. The Kier molecular flexibility index (Phi) is 7.33. The minimum atomic E-state index is 0.546. The molecule has 27 heavy (non-hydrogen) atoms. The van der Waals surface area contributed by atoms with Gasteiger partial charge in [0.2, 0.25) is 0 Å². The van der Waals surface area contributed by atoms with E-state index in [0.29, 0.717) is 12.6 Å². The molecule has 1 aliphatic carbocycles. The molecule has 0 radical (unpaired) electrons. The van der Waals surface area contributed by atoms with Gasteiger partial charge in [-0.3, -0.25) is 0 Å². The van der Waals surface area contributed by atoms with Gasteiger partial charge in [0.15, 0.2) is 5.96 Å². The minimum Gasteiger partial charge on any atom is -0.357 e. The molecule has 2 aliphatic rings. The number of pyridine rings is 1. The van der Waals surface area contributed by atoms with Gasteiger partial charge in [0.1, 0.15) is 5.82 Å². The minimum absolute atomic E-state index is 0.546. The van der Waals surface area contributed by atoms with E-state index in [1.54, 1.807) is 0 Å². The van der Waals surface area contributed by atoms with Gasteiger partial charge < -0.3 is 20.4 Å². The van der Waals surface area contributed by atoms with Gasteiger partial charge in [-0.25, -0.2) is 9.98 Å². The maximum atomic E-state index is 4.88. The molecule has 6 heteroatoms. The summed E-state index contributed by atoms with van der Waals surface area (Å²) in [6.07, 6.45) is 7.00. The van der Waals surface area contributed by atoms with E-state index >= 15 is 0 Å². The maximum absolute atomic E-state index is 4.88. The van der Waals surface area contributed by atoms with Crippen molar-refractivity contribution in [2.75, 3.05) is 44.7 Å². The first-order chi connectivity index (χ1) is 13.2. The van der Waals surface area contributed by atoms with Crippen LogP contribution in [0.1, 0.15) is 45.1 Å². The van der Waals surface area contributed by atoms with Crippen LogP contribution >= 0.6 is 0 Å². The maximum Gasteiger partial charge on any atom is 0.191 e. The summed E-state index contributed by atoms with van der Waals surface area (Å²) in [6.45, 7) is 10.3. The molecule has 3 rings (SSSR count). The fourth-order valence-electron chi connectivity index (χ4n) is 3.94. The van der Waals surface area contributed by atoms with Crippen LogP contribution in [0.5, 0.6) is 0 Å². The Labute approximate surface area is 164 Å². The van der Waals surface area contributed by atoms with Gasteiger partial charge in [-0.2, -0.15) is 0 Å². The summed E-state index contributed by atoms with van der Waals surface area (Å²) in [4.78, 5) is 14.3. The van der Waals surface area contributed by atoms with Crippen LogP contribution in [-0.4, -0.2) is 61.7 Å². The summed E-state index contributed by atoms with van der Waals surface area (Å²) in [5.41, 5.74) is 1.21. The smallest absolute Gasteiger partial charge is 0.191 e. The summed E-state index contributed by atoms with van der Waals surface area (Å²) >= 11 is 0. The molecule has 0 bridgehead atoms. The van der Waals surface area contributed by atoms with Crippen molar-refractivity contribution in [1.82, 2.24) is 20.5 Å². The van der Waals surface area contributed by atoms with Crippen molar-refractivity contribution < 1.29 is 0 Å².